The van der Waals surface area contributed by atoms with Crippen molar-refractivity contribution < 1.29 is 24.2 Å². The van der Waals surface area contributed by atoms with E-state index in [-0.39, 0.29) is 18.5 Å². The van der Waals surface area contributed by atoms with Crippen LogP contribution in [0.5, 0.6) is 11.5 Å². The van der Waals surface area contributed by atoms with Gasteiger partial charge in [0.05, 0.1) is 5.56 Å². The minimum absolute atomic E-state index is 0.223. The molecule has 6 heteroatoms. The zero-order chi connectivity index (χ0) is 14.7. The largest absolute Gasteiger partial charge is 0.486 e. The molecule has 1 N–H and O–H groups in total. The summed E-state index contributed by atoms with van der Waals surface area (Å²) in [6, 6.07) is 4.81. The van der Waals surface area contributed by atoms with Crippen LogP contribution in [0.4, 0.5) is 0 Å². The summed E-state index contributed by atoms with van der Waals surface area (Å²) >= 11 is 0. The Morgan fingerprint density at radius 2 is 2.00 bits per heavy atom. The average Bonchev–Trinajstić information content (AvgIpc) is 2.43. The van der Waals surface area contributed by atoms with Gasteiger partial charge in [0.2, 0.25) is 0 Å². The zero-order valence-corrected chi connectivity index (χ0v) is 11.5. The Balaban J connectivity index is 2.34. The second kappa shape index (κ2) is 5.81. The molecule has 2 rings (SSSR count). The van der Waals surface area contributed by atoms with Crippen LogP contribution in [0.25, 0.3) is 0 Å². The molecule has 0 aromatic heterocycles. The van der Waals surface area contributed by atoms with Gasteiger partial charge in [0.25, 0.3) is 5.91 Å². The minimum Gasteiger partial charge on any atom is -0.486 e. The molecular formula is C14H17NO5. The van der Waals surface area contributed by atoms with E-state index in [2.05, 4.69) is 0 Å². The lowest BCUT2D eigenvalue weighted by Gasteiger charge is -2.27. The summed E-state index contributed by atoms with van der Waals surface area (Å²) in [6.45, 7) is 4.01. The van der Waals surface area contributed by atoms with Crippen LogP contribution in [0.3, 0.4) is 0 Å². The number of amides is 1. The van der Waals surface area contributed by atoms with E-state index in [1.807, 2.05) is 0 Å². The van der Waals surface area contributed by atoms with Crippen LogP contribution in [-0.2, 0) is 4.79 Å². The van der Waals surface area contributed by atoms with Crippen LogP contribution in [0.1, 0.15) is 24.2 Å². The fourth-order valence-corrected chi connectivity index (χ4v) is 2.03. The molecule has 1 amide bonds. The van der Waals surface area contributed by atoms with E-state index in [4.69, 9.17) is 14.6 Å². The molecule has 0 saturated carbocycles. The molecule has 6 nitrogen and oxygen atoms in total. The zero-order valence-electron chi connectivity index (χ0n) is 11.5. The fourth-order valence-electron chi connectivity index (χ4n) is 2.03. The summed E-state index contributed by atoms with van der Waals surface area (Å²) in [5, 5.41) is 8.92. The van der Waals surface area contributed by atoms with Crippen molar-refractivity contribution in [1.29, 1.82) is 0 Å². The third-order valence-electron chi connectivity index (χ3n) is 2.99. The summed E-state index contributed by atoms with van der Waals surface area (Å²) in [5.74, 6) is -0.514. The number of carbonyl (C=O) groups is 2. The SMILES string of the molecule is CC(C)N(CC(=O)O)C(=O)c1cccc2c1OCCO2. The first-order valence-corrected chi connectivity index (χ1v) is 6.42. The van der Waals surface area contributed by atoms with E-state index in [0.29, 0.717) is 30.3 Å². The predicted octanol–water partition coefficient (Wildman–Crippen LogP) is 1.39. The number of aliphatic carboxylic acids is 1. The maximum atomic E-state index is 12.5. The Hall–Kier alpha value is -2.24. The molecular weight excluding hydrogens is 262 g/mol. The van der Waals surface area contributed by atoms with Gasteiger partial charge in [-0.05, 0) is 26.0 Å². The number of fused-ring (bicyclic) bond motifs is 1. The first-order valence-electron chi connectivity index (χ1n) is 6.42. The van der Waals surface area contributed by atoms with Gasteiger partial charge in [-0.25, -0.2) is 0 Å². The number of ether oxygens (including phenoxy) is 2. The van der Waals surface area contributed by atoms with Crippen LogP contribution in [0, 0.1) is 0 Å². The summed E-state index contributed by atoms with van der Waals surface area (Å²) in [6.07, 6.45) is 0. The Kier molecular flexibility index (Phi) is 4.12. The second-order valence-corrected chi connectivity index (χ2v) is 4.75. The van der Waals surface area contributed by atoms with E-state index in [9.17, 15) is 9.59 Å². The third kappa shape index (κ3) is 2.84. The molecule has 1 heterocycles. The predicted molar refractivity (Wildman–Crippen MR) is 71.2 cm³/mol. The molecule has 0 saturated heterocycles. The third-order valence-corrected chi connectivity index (χ3v) is 2.99. The summed E-state index contributed by atoms with van der Waals surface area (Å²) < 4.78 is 10.9. The lowest BCUT2D eigenvalue weighted by Crippen LogP contribution is -2.41. The van der Waals surface area contributed by atoms with Crippen molar-refractivity contribution in [3.8, 4) is 11.5 Å². The number of carboxylic acids is 1. The van der Waals surface area contributed by atoms with Gasteiger partial charge < -0.3 is 19.5 Å². The first-order chi connectivity index (χ1) is 9.50. The summed E-state index contributed by atoms with van der Waals surface area (Å²) in [4.78, 5) is 24.7. The van der Waals surface area contributed by atoms with Crippen molar-refractivity contribution in [1.82, 2.24) is 4.90 Å². The molecule has 0 bridgehead atoms. The highest BCUT2D eigenvalue weighted by molar-refractivity contribution is 5.99. The van der Waals surface area contributed by atoms with E-state index in [0.717, 1.165) is 0 Å². The maximum Gasteiger partial charge on any atom is 0.323 e. The van der Waals surface area contributed by atoms with Crippen LogP contribution >= 0.6 is 0 Å². The lowest BCUT2D eigenvalue weighted by atomic mass is 10.1. The van der Waals surface area contributed by atoms with Crippen molar-refractivity contribution in [2.24, 2.45) is 0 Å². The van der Waals surface area contributed by atoms with Gasteiger partial charge in [-0.15, -0.1) is 0 Å². The van der Waals surface area contributed by atoms with Gasteiger partial charge in [-0.1, -0.05) is 6.07 Å². The second-order valence-electron chi connectivity index (χ2n) is 4.75. The van der Waals surface area contributed by atoms with Crippen LogP contribution in [-0.4, -0.2) is 47.7 Å². The molecule has 1 aliphatic heterocycles. The van der Waals surface area contributed by atoms with E-state index in [1.165, 1.54) is 4.90 Å². The Labute approximate surface area is 116 Å². The van der Waals surface area contributed by atoms with E-state index < -0.39 is 5.97 Å². The monoisotopic (exact) mass is 279 g/mol. The van der Waals surface area contributed by atoms with Gasteiger partial charge in [0.15, 0.2) is 11.5 Å². The van der Waals surface area contributed by atoms with Crippen LogP contribution < -0.4 is 9.47 Å². The molecule has 1 aromatic rings. The average molecular weight is 279 g/mol. The van der Waals surface area contributed by atoms with E-state index >= 15 is 0 Å². The number of rotatable bonds is 4. The first kappa shape index (κ1) is 14.2. The van der Waals surface area contributed by atoms with Crippen molar-refractivity contribution in [2.75, 3.05) is 19.8 Å². The number of hydrogen-bond donors (Lipinski definition) is 1. The number of para-hydroxylation sites is 1. The van der Waals surface area contributed by atoms with Gasteiger partial charge in [-0.2, -0.15) is 0 Å². The number of carbonyl (C=O) groups excluding carboxylic acids is 1. The van der Waals surface area contributed by atoms with Crippen LogP contribution in [0.15, 0.2) is 18.2 Å². The lowest BCUT2D eigenvalue weighted by molar-refractivity contribution is -0.138. The Bertz CT molecular complexity index is 526. The number of carboxylic acid groups (broad SMARTS) is 1. The Morgan fingerprint density at radius 3 is 2.65 bits per heavy atom. The summed E-state index contributed by atoms with van der Waals surface area (Å²) in [7, 11) is 0. The molecule has 1 aromatic carbocycles. The van der Waals surface area contributed by atoms with Gasteiger partial charge in [0.1, 0.15) is 19.8 Å². The topological polar surface area (TPSA) is 76.1 Å². The normalized spacial score (nSPS) is 13.2. The molecule has 0 spiro atoms. The van der Waals surface area contributed by atoms with E-state index in [1.54, 1.807) is 32.0 Å². The molecule has 0 fully saturated rings. The van der Waals surface area contributed by atoms with Crippen molar-refractivity contribution >= 4 is 11.9 Å². The van der Waals surface area contributed by atoms with Crippen LogP contribution in [0.2, 0.25) is 0 Å². The van der Waals surface area contributed by atoms with Crippen molar-refractivity contribution in [3.05, 3.63) is 23.8 Å². The highest BCUT2D eigenvalue weighted by Crippen LogP contribution is 2.34. The molecule has 0 radical (unpaired) electrons. The summed E-state index contributed by atoms with van der Waals surface area (Å²) in [5.41, 5.74) is 0.331. The maximum absolute atomic E-state index is 12.5. The highest BCUT2D eigenvalue weighted by atomic mass is 16.6. The molecule has 0 atom stereocenters. The standard InChI is InChI=1S/C14H17NO5/c1-9(2)15(8-12(16)17)14(18)10-4-3-5-11-13(10)20-7-6-19-11/h3-5,9H,6-8H2,1-2H3,(H,16,17). The quantitative estimate of drug-likeness (QED) is 0.901. The fraction of sp³-hybridized carbons (Fsp3) is 0.429. The number of hydrogen-bond acceptors (Lipinski definition) is 4. The number of nitrogens with zero attached hydrogens (tertiary/aromatic N) is 1. The number of benzene rings is 1. The van der Waals surface area contributed by atoms with Crippen molar-refractivity contribution in [2.45, 2.75) is 19.9 Å². The highest BCUT2D eigenvalue weighted by Gasteiger charge is 2.27. The van der Waals surface area contributed by atoms with Gasteiger partial charge >= 0.3 is 5.97 Å². The smallest absolute Gasteiger partial charge is 0.323 e. The molecule has 1 aliphatic rings. The molecule has 0 aliphatic carbocycles. The molecule has 20 heavy (non-hydrogen) atoms. The Morgan fingerprint density at radius 1 is 1.30 bits per heavy atom. The molecule has 108 valence electrons. The van der Waals surface area contributed by atoms with Crippen molar-refractivity contribution in [3.63, 3.8) is 0 Å². The van der Waals surface area contributed by atoms with Gasteiger partial charge in [0, 0.05) is 6.04 Å². The van der Waals surface area contributed by atoms with Gasteiger partial charge in [-0.3, -0.25) is 9.59 Å². The minimum atomic E-state index is -1.05. The molecule has 0 unspecified atom stereocenters.